The van der Waals surface area contributed by atoms with Crippen molar-refractivity contribution in [2.24, 2.45) is 0 Å². The lowest BCUT2D eigenvalue weighted by Gasteiger charge is -2.00. The third-order valence-electron chi connectivity index (χ3n) is 2.38. The summed E-state index contributed by atoms with van der Waals surface area (Å²) in [6.07, 6.45) is 3.41. The minimum absolute atomic E-state index is 0.531. The molecule has 0 saturated carbocycles. The van der Waals surface area contributed by atoms with Gasteiger partial charge in [0.1, 0.15) is 12.1 Å². The maximum atomic E-state index is 5.73. The number of nitrogen functional groups attached to an aromatic ring is 1. The zero-order chi connectivity index (χ0) is 11.1. The van der Waals surface area contributed by atoms with Crippen LogP contribution in [0.1, 0.15) is 5.56 Å². The molecule has 3 aromatic heterocycles. The molecule has 0 bridgehead atoms. The molecular formula is C10H9N5S. The number of thiophene rings is 1. The second-order valence-electron chi connectivity index (χ2n) is 3.47. The standard InChI is InChI=1S/C10H9N5S/c1-6-4-15(14-9(6)11)10-8-7(2-3-16-8)12-5-13-10/h2-5H,1H3,(H2,11,14). The first-order valence-electron chi connectivity index (χ1n) is 4.76. The third kappa shape index (κ3) is 1.27. The van der Waals surface area contributed by atoms with E-state index >= 15 is 0 Å². The van der Waals surface area contributed by atoms with Crippen molar-refractivity contribution in [3.8, 4) is 5.82 Å². The minimum atomic E-state index is 0.531. The van der Waals surface area contributed by atoms with Gasteiger partial charge in [-0.15, -0.1) is 16.4 Å². The normalized spacial score (nSPS) is 11.1. The van der Waals surface area contributed by atoms with E-state index in [0.29, 0.717) is 5.82 Å². The molecular weight excluding hydrogens is 222 g/mol. The first-order chi connectivity index (χ1) is 7.75. The largest absolute Gasteiger partial charge is 0.382 e. The van der Waals surface area contributed by atoms with Crippen molar-refractivity contribution >= 4 is 27.4 Å². The average molecular weight is 231 g/mol. The Hall–Kier alpha value is -1.95. The van der Waals surface area contributed by atoms with Crippen LogP contribution in [-0.2, 0) is 0 Å². The Labute approximate surface area is 95.6 Å². The summed E-state index contributed by atoms with van der Waals surface area (Å²) in [6.45, 7) is 1.92. The summed E-state index contributed by atoms with van der Waals surface area (Å²) in [6, 6.07) is 1.96. The number of nitrogens with two attached hydrogens (primary N) is 1. The average Bonchev–Trinajstić information content (AvgIpc) is 2.85. The van der Waals surface area contributed by atoms with E-state index in [4.69, 9.17) is 5.73 Å². The van der Waals surface area contributed by atoms with E-state index in [2.05, 4.69) is 15.1 Å². The number of aryl methyl sites for hydroxylation is 1. The molecule has 0 aliphatic heterocycles. The van der Waals surface area contributed by atoms with Gasteiger partial charge in [-0.1, -0.05) is 0 Å². The topological polar surface area (TPSA) is 69.6 Å². The lowest BCUT2D eigenvalue weighted by molar-refractivity contribution is 0.857. The SMILES string of the molecule is Cc1cn(-c2ncnc3ccsc23)nc1N. The summed E-state index contributed by atoms with van der Waals surface area (Å²) in [5.41, 5.74) is 7.61. The summed E-state index contributed by atoms with van der Waals surface area (Å²) in [5.74, 6) is 1.31. The van der Waals surface area contributed by atoms with Gasteiger partial charge in [-0.25, -0.2) is 14.6 Å². The Bertz CT molecular complexity index is 635. The molecule has 3 rings (SSSR count). The van der Waals surface area contributed by atoms with Crippen LogP contribution in [0, 0.1) is 6.92 Å². The van der Waals surface area contributed by atoms with Gasteiger partial charge in [-0.2, -0.15) is 0 Å². The Kier molecular flexibility index (Phi) is 1.90. The van der Waals surface area contributed by atoms with Crippen LogP contribution in [0.15, 0.2) is 24.0 Å². The molecule has 0 spiro atoms. The maximum Gasteiger partial charge on any atom is 0.174 e. The van der Waals surface area contributed by atoms with Crippen LogP contribution in [0.25, 0.3) is 16.0 Å². The highest BCUT2D eigenvalue weighted by Crippen LogP contribution is 2.24. The lowest BCUT2D eigenvalue weighted by Crippen LogP contribution is -1.99. The Morgan fingerprint density at radius 3 is 3.00 bits per heavy atom. The molecule has 5 nitrogen and oxygen atoms in total. The molecule has 0 saturated heterocycles. The van der Waals surface area contributed by atoms with E-state index in [0.717, 1.165) is 21.6 Å². The van der Waals surface area contributed by atoms with E-state index in [9.17, 15) is 0 Å². The smallest absolute Gasteiger partial charge is 0.174 e. The van der Waals surface area contributed by atoms with Gasteiger partial charge in [-0.05, 0) is 18.4 Å². The van der Waals surface area contributed by atoms with Gasteiger partial charge in [0.2, 0.25) is 0 Å². The molecule has 0 aliphatic rings. The highest BCUT2D eigenvalue weighted by molar-refractivity contribution is 7.17. The minimum Gasteiger partial charge on any atom is -0.382 e. The zero-order valence-electron chi connectivity index (χ0n) is 8.58. The Balaban J connectivity index is 2.29. The molecule has 0 radical (unpaired) electrons. The summed E-state index contributed by atoms with van der Waals surface area (Å²) in [4.78, 5) is 8.43. The molecule has 80 valence electrons. The maximum absolute atomic E-state index is 5.73. The number of hydrogen-bond acceptors (Lipinski definition) is 5. The molecule has 0 aromatic carbocycles. The van der Waals surface area contributed by atoms with Crippen LogP contribution in [0.5, 0.6) is 0 Å². The van der Waals surface area contributed by atoms with Gasteiger partial charge in [0.05, 0.1) is 10.2 Å². The van der Waals surface area contributed by atoms with Crippen LogP contribution in [0.2, 0.25) is 0 Å². The summed E-state index contributed by atoms with van der Waals surface area (Å²) < 4.78 is 2.72. The number of hydrogen-bond donors (Lipinski definition) is 1. The third-order valence-corrected chi connectivity index (χ3v) is 3.28. The quantitative estimate of drug-likeness (QED) is 0.693. The summed E-state index contributed by atoms with van der Waals surface area (Å²) >= 11 is 1.60. The van der Waals surface area contributed by atoms with Crippen LogP contribution in [0.3, 0.4) is 0 Å². The number of aromatic nitrogens is 4. The van der Waals surface area contributed by atoms with Gasteiger partial charge in [0, 0.05) is 11.8 Å². The zero-order valence-corrected chi connectivity index (χ0v) is 9.40. The van der Waals surface area contributed by atoms with E-state index in [1.807, 2.05) is 24.6 Å². The molecule has 2 N–H and O–H groups in total. The summed E-state index contributed by atoms with van der Waals surface area (Å²) in [7, 11) is 0. The van der Waals surface area contributed by atoms with Crippen molar-refractivity contribution in [3.63, 3.8) is 0 Å². The van der Waals surface area contributed by atoms with Crippen molar-refractivity contribution in [2.75, 3.05) is 5.73 Å². The van der Waals surface area contributed by atoms with E-state index in [1.54, 1.807) is 16.0 Å². The monoisotopic (exact) mass is 231 g/mol. The fourth-order valence-electron chi connectivity index (χ4n) is 1.52. The number of rotatable bonds is 1. The number of anilines is 1. The molecule has 16 heavy (non-hydrogen) atoms. The summed E-state index contributed by atoms with van der Waals surface area (Å²) in [5, 5.41) is 6.21. The predicted molar refractivity (Wildman–Crippen MR) is 63.7 cm³/mol. The molecule has 6 heteroatoms. The van der Waals surface area contributed by atoms with Gasteiger partial charge in [-0.3, -0.25) is 0 Å². The molecule has 3 aromatic rings. The van der Waals surface area contributed by atoms with Gasteiger partial charge >= 0.3 is 0 Å². The molecule has 0 atom stereocenters. The fraction of sp³-hybridized carbons (Fsp3) is 0.100. The predicted octanol–water partition coefficient (Wildman–Crippen LogP) is 1.77. The number of fused-ring (bicyclic) bond motifs is 1. The van der Waals surface area contributed by atoms with E-state index in [-0.39, 0.29) is 0 Å². The fourth-order valence-corrected chi connectivity index (χ4v) is 2.35. The first kappa shape index (κ1) is 9.29. The molecule has 0 unspecified atom stereocenters. The van der Waals surface area contributed by atoms with Crippen molar-refractivity contribution in [1.29, 1.82) is 0 Å². The van der Waals surface area contributed by atoms with Gasteiger partial charge in [0.15, 0.2) is 5.82 Å². The Morgan fingerprint density at radius 1 is 1.38 bits per heavy atom. The van der Waals surface area contributed by atoms with Crippen molar-refractivity contribution < 1.29 is 0 Å². The van der Waals surface area contributed by atoms with Crippen LogP contribution in [-0.4, -0.2) is 19.7 Å². The van der Waals surface area contributed by atoms with Crippen LogP contribution >= 0.6 is 11.3 Å². The molecule has 3 heterocycles. The van der Waals surface area contributed by atoms with E-state index in [1.165, 1.54) is 6.33 Å². The van der Waals surface area contributed by atoms with Crippen LogP contribution in [0.4, 0.5) is 5.82 Å². The first-order valence-corrected chi connectivity index (χ1v) is 5.64. The van der Waals surface area contributed by atoms with Gasteiger partial charge in [0.25, 0.3) is 0 Å². The second-order valence-corrected chi connectivity index (χ2v) is 4.39. The number of nitrogens with zero attached hydrogens (tertiary/aromatic N) is 4. The van der Waals surface area contributed by atoms with Crippen LogP contribution < -0.4 is 5.73 Å². The Morgan fingerprint density at radius 2 is 2.25 bits per heavy atom. The van der Waals surface area contributed by atoms with E-state index < -0.39 is 0 Å². The highest BCUT2D eigenvalue weighted by atomic mass is 32.1. The van der Waals surface area contributed by atoms with Gasteiger partial charge < -0.3 is 5.73 Å². The van der Waals surface area contributed by atoms with Crippen molar-refractivity contribution in [3.05, 3.63) is 29.5 Å². The van der Waals surface area contributed by atoms with Crippen molar-refractivity contribution in [1.82, 2.24) is 19.7 Å². The van der Waals surface area contributed by atoms with Crippen molar-refractivity contribution in [2.45, 2.75) is 6.92 Å². The lowest BCUT2D eigenvalue weighted by atomic mass is 10.4. The second kappa shape index (κ2) is 3.28. The molecule has 0 fully saturated rings. The highest BCUT2D eigenvalue weighted by Gasteiger charge is 2.09. The molecule has 0 amide bonds. The molecule has 0 aliphatic carbocycles.